The van der Waals surface area contributed by atoms with Gasteiger partial charge in [0.25, 0.3) is 0 Å². The molecule has 0 aliphatic rings. The Hall–Kier alpha value is -2.42. The molecule has 9 heteroatoms. The first-order valence-corrected chi connectivity index (χ1v) is 10.3. The SMILES string of the molecule is CC(=O)N[C@@H](CC(C)C)C(=O)N[C@@H](CCS(=O)(=O)c1ccccc1)C(N)=O. The lowest BCUT2D eigenvalue weighted by Crippen LogP contribution is -2.53. The second kappa shape index (κ2) is 10.1. The number of hydrogen-bond donors (Lipinski definition) is 3. The van der Waals surface area contributed by atoms with Gasteiger partial charge in [0.05, 0.1) is 10.6 Å². The van der Waals surface area contributed by atoms with E-state index in [9.17, 15) is 22.8 Å². The van der Waals surface area contributed by atoms with E-state index in [-0.39, 0.29) is 28.9 Å². The molecule has 0 spiro atoms. The summed E-state index contributed by atoms with van der Waals surface area (Å²) in [7, 11) is -3.61. The lowest BCUT2D eigenvalue weighted by atomic mass is 10.0. The normalized spacial score (nSPS) is 13.6. The Morgan fingerprint density at radius 3 is 2.11 bits per heavy atom. The first-order valence-electron chi connectivity index (χ1n) is 8.67. The molecule has 0 heterocycles. The summed E-state index contributed by atoms with van der Waals surface area (Å²) in [4.78, 5) is 35.6. The number of benzene rings is 1. The van der Waals surface area contributed by atoms with E-state index >= 15 is 0 Å². The standard InChI is InChI=1S/C18H27N3O5S/c1-12(2)11-16(20-13(3)22)18(24)21-15(17(19)23)9-10-27(25,26)14-7-5-4-6-8-14/h4-8,12,15-16H,9-11H2,1-3H3,(H2,19,23)(H,20,22)(H,21,24)/t15-,16-/m0/s1. The van der Waals surface area contributed by atoms with Crippen LogP contribution < -0.4 is 16.4 Å². The van der Waals surface area contributed by atoms with Crippen molar-refractivity contribution in [3.63, 3.8) is 0 Å². The molecule has 0 bridgehead atoms. The van der Waals surface area contributed by atoms with E-state index in [1.165, 1.54) is 19.1 Å². The minimum Gasteiger partial charge on any atom is -0.368 e. The van der Waals surface area contributed by atoms with Gasteiger partial charge in [-0.3, -0.25) is 14.4 Å². The number of rotatable bonds is 10. The summed E-state index contributed by atoms with van der Waals surface area (Å²) >= 11 is 0. The van der Waals surface area contributed by atoms with Crippen LogP contribution in [0.5, 0.6) is 0 Å². The Morgan fingerprint density at radius 2 is 1.63 bits per heavy atom. The summed E-state index contributed by atoms with van der Waals surface area (Å²) in [6.45, 7) is 5.07. The van der Waals surface area contributed by atoms with E-state index in [4.69, 9.17) is 5.73 Å². The van der Waals surface area contributed by atoms with Gasteiger partial charge in [0.1, 0.15) is 12.1 Å². The van der Waals surface area contributed by atoms with Crippen molar-refractivity contribution in [2.24, 2.45) is 11.7 Å². The molecule has 1 aromatic rings. The highest BCUT2D eigenvalue weighted by Crippen LogP contribution is 2.12. The molecule has 0 unspecified atom stereocenters. The molecule has 0 aliphatic heterocycles. The van der Waals surface area contributed by atoms with E-state index in [0.717, 1.165) is 0 Å². The minimum absolute atomic E-state index is 0.123. The highest BCUT2D eigenvalue weighted by Gasteiger charge is 2.27. The third-order valence-electron chi connectivity index (χ3n) is 3.84. The zero-order chi connectivity index (χ0) is 20.6. The van der Waals surface area contributed by atoms with Gasteiger partial charge < -0.3 is 16.4 Å². The molecular weight excluding hydrogens is 370 g/mol. The van der Waals surface area contributed by atoms with Crippen molar-refractivity contribution in [2.75, 3.05) is 5.75 Å². The van der Waals surface area contributed by atoms with Gasteiger partial charge in [-0.25, -0.2) is 8.42 Å². The quantitative estimate of drug-likeness (QED) is 0.524. The second-order valence-electron chi connectivity index (χ2n) is 6.77. The number of sulfone groups is 1. The van der Waals surface area contributed by atoms with Crippen molar-refractivity contribution in [2.45, 2.75) is 50.6 Å². The van der Waals surface area contributed by atoms with Crippen LogP contribution in [-0.2, 0) is 24.2 Å². The Bertz CT molecular complexity index is 762. The molecule has 0 aliphatic carbocycles. The van der Waals surface area contributed by atoms with E-state index in [1.807, 2.05) is 13.8 Å². The van der Waals surface area contributed by atoms with Crippen LogP contribution in [0, 0.1) is 5.92 Å². The predicted molar refractivity (Wildman–Crippen MR) is 101 cm³/mol. The third kappa shape index (κ3) is 7.78. The molecule has 0 radical (unpaired) electrons. The number of primary amides is 1. The van der Waals surface area contributed by atoms with Crippen molar-refractivity contribution in [3.05, 3.63) is 30.3 Å². The number of carbonyl (C=O) groups excluding carboxylic acids is 3. The molecular formula is C18H27N3O5S. The second-order valence-corrected chi connectivity index (χ2v) is 8.88. The van der Waals surface area contributed by atoms with Crippen LogP contribution in [0.25, 0.3) is 0 Å². The van der Waals surface area contributed by atoms with Crippen LogP contribution in [0.3, 0.4) is 0 Å². The Morgan fingerprint density at radius 1 is 1.04 bits per heavy atom. The summed E-state index contributed by atoms with van der Waals surface area (Å²) < 4.78 is 24.7. The predicted octanol–water partition coefficient (Wildman–Crippen LogP) is 0.371. The Kier molecular flexibility index (Phi) is 8.42. The Labute approximate surface area is 159 Å². The van der Waals surface area contributed by atoms with Crippen LogP contribution in [0.15, 0.2) is 35.2 Å². The summed E-state index contributed by atoms with van der Waals surface area (Å²) in [6.07, 6.45) is 0.214. The monoisotopic (exact) mass is 397 g/mol. The summed E-state index contributed by atoms with van der Waals surface area (Å²) in [5.74, 6) is -2.01. The number of amides is 3. The Balaban J connectivity index is 2.82. The highest BCUT2D eigenvalue weighted by atomic mass is 32.2. The number of nitrogens with two attached hydrogens (primary N) is 1. The van der Waals surface area contributed by atoms with Crippen LogP contribution in [0.2, 0.25) is 0 Å². The molecule has 150 valence electrons. The highest BCUT2D eigenvalue weighted by molar-refractivity contribution is 7.91. The van der Waals surface area contributed by atoms with Crippen LogP contribution in [-0.4, -0.2) is 44.0 Å². The smallest absolute Gasteiger partial charge is 0.243 e. The lowest BCUT2D eigenvalue weighted by Gasteiger charge is -2.22. The van der Waals surface area contributed by atoms with E-state index in [1.54, 1.807) is 18.2 Å². The fraction of sp³-hybridized carbons (Fsp3) is 0.500. The maximum absolute atomic E-state index is 12.4. The molecule has 0 saturated carbocycles. The number of nitrogens with one attached hydrogen (secondary N) is 2. The molecule has 27 heavy (non-hydrogen) atoms. The van der Waals surface area contributed by atoms with E-state index in [0.29, 0.717) is 6.42 Å². The van der Waals surface area contributed by atoms with Gasteiger partial charge in [0.2, 0.25) is 17.7 Å². The van der Waals surface area contributed by atoms with Crippen molar-refractivity contribution < 1.29 is 22.8 Å². The van der Waals surface area contributed by atoms with Gasteiger partial charge in [-0.1, -0.05) is 32.0 Å². The molecule has 2 atom stereocenters. The number of carbonyl (C=O) groups is 3. The summed E-state index contributed by atoms with van der Waals surface area (Å²) in [6, 6.07) is 5.84. The lowest BCUT2D eigenvalue weighted by molar-refractivity contribution is -0.131. The molecule has 3 amide bonds. The minimum atomic E-state index is -3.61. The van der Waals surface area contributed by atoms with Crippen molar-refractivity contribution >= 4 is 27.6 Å². The fourth-order valence-electron chi connectivity index (χ4n) is 2.52. The molecule has 1 rings (SSSR count). The maximum Gasteiger partial charge on any atom is 0.243 e. The van der Waals surface area contributed by atoms with Gasteiger partial charge in [-0.05, 0) is 30.9 Å². The average molecular weight is 397 g/mol. The van der Waals surface area contributed by atoms with Gasteiger partial charge in [0.15, 0.2) is 9.84 Å². The summed E-state index contributed by atoms with van der Waals surface area (Å²) in [5, 5.41) is 4.99. The average Bonchev–Trinajstić information content (AvgIpc) is 2.57. The van der Waals surface area contributed by atoms with Gasteiger partial charge in [0, 0.05) is 6.92 Å². The summed E-state index contributed by atoms with van der Waals surface area (Å²) in [5.41, 5.74) is 5.32. The third-order valence-corrected chi connectivity index (χ3v) is 5.60. The molecule has 1 aromatic carbocycles. The molecule has 4 N–H and O–H groups in total. The van der Waals surface area contributed by atoms with Crippen LogP contribution in [0.1, 0.15) is 33.6 Å². The fourth-order valence-corrected chi connectivity index (χ4v) is 3.88. The first kappa shape index (κ1) is 22.6. The molecule has 8 nitrogen and oxygen atoms in total. The van der Waals surface area contributed by atoms with Gasteiger partial charge in [-0.15, -0.1) is 0 Å². The molecule has 0 fully saturated rings. The van der Waals surface area contributed by atoms with E-state index < -0.39 is 33.7 Å². The zero-order valence-corrected chi connectivity index (χ0v) is 16.6. The van der Waals surface area contributed by atoms with Crippen LogP contribution >= 0.6 is 0 Å². The van der Waals surface area contributed by atoms with Crippen molar-refractivity contribution in [1.29, 1.82) is 0 Å². The maximum atomic E-state index is 12.4. The van der Waals surface area contributed by atoms with Gasteiger partial charge in [-0.2, -0.15) is 0 Å². The largest absolute Gasteiger partial charge is 0.368 e. The number of hydrogen-bond acceptors (Lipinski definition) is 5. The van der Waals surface area contributed by atoms with E-state index in [2.05, 4.69) is 10.6 Å². The van der Waals surface area contributed by atoms with Crippen molar-refractivity contribution in [3.8, 4) is 0 Å². The zero-order valence-electron chi connectivity index (χ0n) is 15.8. The van der Waals surface area contributed by atoms with Crippen LogP contribution in [0.4, 0.5) is 0 Å². The molecule has 0 saturated heterocycles. The topological polar surface area (TPSA) is 135 Å². The molecule has 0 aromatic heterocycles. The van der Waals surface area contributed by atoms with Crippen molar-refractivity contribution in [1.82, 2.24) is 10.6 Å². The van der Waals surface area contributed by atoms with Gasteiger partial charge >= 0.3 is 0 Å². The first-order chi connectivity index (χ1) is 12.5.